The van der Waals surface area contributed by atoms with E-state index in [1.54, 1.807) is 34.8 Å². The van der Waals surface area contributed by atoms with Gasteiger partial charge in [0, 0.05) is 40.9 Å². The minimum atomic E-state index is -0.0371. The molecule has 4 nitrogen and oxygen atoms in total. The third kappa shape index (κ3) is 3.36. The predicted octanol–water partition coefficient (Wildman–Crippen LogP) is 2.38. The molecule has 2 aromatic rings. The van der Waals surface area contributed by atoms with Crippen LogP contribution >= 0.6 is 27.7 Å². The minimum absolute atomic E-state index is 0.0371. The van der Waals surface area contributed by atoms with Gasteiger partial charge in [-0.2, -0.15) is 0 Å². The number of nitrogen functional groups attached to an aromatic ring is 1. The fraction of sp³-hybridized carbons (Fsp3) is 0.167. The molecule has 6 heteroatoms. The Balaban J connectivity index is 1.99. The van der Waals surface area contributed by atoms with Crippen LogP contribution in [0.2, 0.25) is 0 Å². The second-order valence-electron chi connectivity index (χ2n) is 3.63. The van der Waals surface area contributed by atoms with Gasteiger partial charge in [0.15, 0.2) is 0 Å². The maximum Gasteiger partial charge on any atom is 0.250 e. The fourth-order valence-electron chi connectivity index (χ4n) is 1.44. The summed E-state index contributed by atoms with van der Waals surface area (Å²) in [6.45, 7) is 0.609. The number of rotatable bonds is 4. The zero-order valence-corrected chi connectivity index (χ0v) is 11.9. The van der Waals surface area contributed by atoms with Crippen molar-refractivity contribution in [1.29, 1.82) is 0 Å². The molecule has 0 bridgehead atoms. The summed E-state index contributed by atoms with van der Waals surface area (Å²) in [5.41, 5.74) is 6.21. The SMILES string of the molecule is Nc1ccc(=O)n(CCSc2ncccc2Br)c1. The van der Waals surface area contributed by atoms with E-state index in [2.05, 4.69) is 20.9 Å². The zero-order valence-electron chi connectivity index (χ0n) is 9.54. The van der Waals surface area contributed by atoms with Crippen molar-refractivity contribution in [3.05, 3.63) is 51.5 Å². The van der Waals surface area contributed by atoms with Crippen LogP contribution in [0.15, 0.2) is 51.0 Å². The molecule has 0 spiro atoms. The molecule has 2 heterocycles. The molecule has 0 aliphatic rings. The van der Waals surface area contributed by atoms with Gasteiger partial charge in [-0.05, 0) is 34.1 Å². The van der Waals surface area contributed by atoms with Gasteiger partial charge < -0.3 is 10.3 Å². The Labute approximate surface area is 117 Å². The molecule has 0 radical (unpaired) electrons. The smallest absolute Gasteiger partial charge is 0.250 e. The highest BCUT2D eigenvalue weighted by molar-refractivity contribution is 9.10. The standard InChI is InChI=1S/C12H12BrN3OS/c13-10-2-1-5-15-12(10)18-7-6-16-8-9(14)3-4-11(16)17/h1-5,8H,6-7,14H2. The van der Waals surface area contributed by atoms with Crippen LogP contribution in [-0.4, -0.2) is 15.3 Å². The summed E-state index contributed by atoms with van der Waals surface area (Å²) in [6, 6.07) is 6.91. The molecule has 94 valence electrons. The molecule has 0 aliphatic carbocycles. The normalized spacial score (nSPS) is 10.5. The minimum Gasteiger partial charge on any atom is -0.398 e. The second kappa shape index (κ2) is 6.06. The summed E-state index contributed by atoms with van der Waals surface area (Å²) in [7, 11) is 0. The number of halogens is 1. The average Bonchev–Trinajstić information content (AvgIpc) is 2.36. The first-order valence-electron chi connectivity index (χ1n) is 5.36. The number of thioether (sulfide) groups is 1. The average molecular weight is 326 g/mol. The Bertz CT molecular complexity index is 600. The van der Waals surface area contributed by atoms with E-state index >= 15 is 0 Å². The van der Waals surface area contributed by atoms with Crippen LogP contribution in [0.3, 0.4) is 0 Å². The summed E-state index contributed by atoms with van der Waals surface area (Å²) in [6.07, 6.45) is 3.41. The van der Waals surface area contributed by atoms with Gasteiger partial charge in [-0.3, -0.25) is 4.79 Å². The molecular weight excluding hydrogens is 314 g/mol. The lowest BCUT2D eigenvalue weighted by atomic mass is 10.4. The Kier molecular flexibility index (Phi) is 4.43. The highest BCUT2D eigenvalue weighted by Crippen LogP contribution is 2.24. The first-order valence-corrected chi connectivity index (χ1v) is 7.14. The fourth-order valence-corrected chi connectivity index (χ4v) is 2.86. The summed E-state index contributed by atoms with van der Waals surface area (Å²) in [5, 5.41) is 0.925. The number of pyridine rings is 2. The van der Waals surface area contributed by atoms with Gasteiger partial charge in [-0.25, -0.2) is 4.98 Å². The Hall–Kier alpha value is -1.27. The topological polar surface area (TPSA) is 60.9 Å². The van der Waals surface area contributed by atoms with E-state index in [1.165, 1.54) is 6.07 Å². The molecule has 0 saturated carbocycles. The van der Waals surface area contributed by atoms with E-state index in [0.29, 0.717) is 12.2 Å². The number of nitrogens with two attached hydrogens (primary N) is 1. The van der Waals surface area contributed by atoms with Crippen LogP contribution in [-0.2, 0) is 6.54 Å². The van der Waals surface area contributed by atoms with Crippen LogP contribution in [0.5, 0.6) is 0 Å². The van der Waals surface area contributed by atoms with Gasteiger partial charge >= 0.3 is 0 Å². The summed E-state index contributed by atoms with van der Waals surface area (Å²) < 4.78 is 2.58. The summed E-state index contributed by atoms with van der Waals surface area (Å²) in [4.78, 5) is 15.8. The molecular formula is C12H12BrN3OS. The van der Waals surface area contributed by atoms with Gasteiger partial charge in [0.05, 0.1) is 0 Å². The van der Waals surface area contributed by atoms with Crippen LogP contribution in [0.25, 0.3) is 0 Å². The van der Waals surface area contributed by atoms with E-state index in [9.17, 15) is 4.79 Å². The van der Waals surface area contributed by atoms with Crippen LogP contribution in [0.1, 0.15) is 0 Å². The van der Waals surface area contributed by atoms with Crippen LogP contribution in [0, 0.1) is 0 Å². The number of anilines is 1. The second-order valence-corrected chi connectivity index (χ2v) is 5.57. The van der Waals surface area contributed by atoms with Crippen molar-refractivity contribution >= 4 is 33.4 Å². The number of nitrogens with zero attached hydrogens (tertiary/aromatic N) is 2. The zero-order chi connectivity index (χ0) is 13.0. The lowest BCUT2D eigenvalue weighted by Gasteiger charge is -2.06. The van der Waals surface area contributed by atoms with Crippen molar-refractivity contribution in [2.24, 2.45) is 0 Å². The first-order chi connectivity index (χ1) is 8.66. The van der Waals surface area contributed by atoms with Gasteiger partial charge in [0.1, 0.15) is 5.03 Å². The van der Waals surface area contributed by atoms with Crippen molar-refractivity contribution in [3.8, 4) is 0 Å². The van der Waals surface area contributed by atoms with Crippen molar-refractivity contribution < 1.29 is 0 Å². The van der Waals surface area contributed by atoms with E-state index in [1.807, 2.05) is 12.1 Å². The molecule has 0 amide bonds. The molecule has 0 unspecified atom stereocenters. The van der Waals surface area contributed by atoms with Crippen LogP contribution < -0.4 is 11.3 Å². The Morgan fingerprint density at radius 2 is 2.22 bits per heavy atom. The molecule has 2 N–H and O–H groups in total. The molecule has 0 aliphatic heterocycles. The molecule has 0 fully saturated rings. The highest BCUT2D eigenvalue weighted by atomic mass is 79.9. The van der Waals surface area contributed by atoms with Crippen molar-refractivity contribution in [1.82, 2.24) is 9.55 Å². The highest BCUT2D eigenvalue weighted by Gasteiger charge is 2.02. The van der Waals surface area contributed by atoms with Crippen LogP contribution in [0.4, 0.5) is 5.69 Å². The molecule has 18 heavy (non-hydrogen) atoms. The quantitative estimate of drug-likeness (QED) is 0.877. The molecule has 2 rings (SSSR count). The third-order valence-electron chi connectivity index (χ3n) is 2.30. The maximum atomic E-state index is 11.6. The summed E-state index contributed by atoms with van der Waals surface area (Å²) >= 11 is 5.03. The predicted molar refractivity (Wildman–Crippen MR) is 77.8 cm³/mol. The molecule has 0 atom stereocenters. The molecule has 2 aromatic heterocycles. The van der Waals surface area contributed by atoms with Crippen molar-refractivity contribution in [2.75, 3.05) is 11.5 Å². The van der Waals surface area contributed by atoms with E-state index in [4.69, 9.17) is 5.73 Å². The van der Waals surface area contributed by atoms with E-state index in [0.717, 1.165) is 15.3 Å². The lowest BCUT2D eigenvalue weighted by Crippen LogP contribution is -2.19. The molecule has 0 saturated heterocycles. The number of aromatic nitrogens is 2. The number of hydrogen-bond donors (Lipinski definition) is 1. The number of aryl methyl sites for hydroxylation is 1. The Morgan fingerprint density at radius 1 is 1.39 bits per heavy atom. The van der Waals surface area contributed by atoms with Crippen molar-refractivity contribution in [3.63, 3.8) is 0 Å². The number of hydrogen-bond acceptors (Lipinski definition) is 4. The van der Waals surface area contributed by atoms with Crippen molar-refractivity contribution in [2.45, 2.75) is 11.6 Å². The monoisotopic (exact) mass is 325 g/mol. The maximum absolute atomic E-state index is 11.6. The lowest BCUT2D eigenvalue weighted by molar-refractivity contribution is 0.736. The molecule has 0 aromatic carbocycles. The van der Waals surface area contributed by atoms with E-state index in [-0.39, 0.29) is 5.56 Å². The largest absolute Gasteiger partial charge is 0.398 e. The van der Waals surface area contributed by atoms with Gasteiger partial charge in [0.25, 0.3) is 5.56 Å². The van der Waals surface area contributed by atoms with Gasteiger partial charge in [-0.1, -0.05) is 0 Å². The first kappa shape index (κ1) is 13.2. The Morgan fingerprint density at radius 3 is 3.00 bits per heavy atom. The summed E-state index contributed by atoms with van der Waals surface area (Å²) in [5.74, 6) is 0.763. The van der Waals surface area contributed by atoms with Gasteiger partial charge in [0.2, 0.25) is 0 Å². The third-order valence-corrected chi connectivity index (χ3v) is 4.19. The van der Waals surface area contributed by atoms with Gasteiger partial charge in [-0.15, -0.1) is 11.8 Å². The van der Waals surface area contributed by atoms with E-state index < -0.39 is 0 Å².